The predicted molar refractivity (Wildman–Crippen MR) is 86.0 cm³/mol. The van der Waals surface area contributed by atoms with Crippen LogP contribution in [0.25, 0.3) is 0 Å². The summed E-state index contributed by atoms with van der Waals surface area (Å²) in [4.78, 5) is 16.4. The van der Waals surface area contributed by atoms with Gasteiger partial charge >= 0.3 is 0 Å². The van der Waals surface area contributed by atoms with Crippen LogP contribution in [0.2, 0.25) is 0 Å². The van der Waals surface area contributed by atoms with Crippen molar-refractivity contribution < 1.29 is 18.0 Å². The summed E-state index contributed by atoms with van der Waals surface area (Å²) in [6.45, 7) is 15.9. The van der Waals surface area contributed by atoms with Crippen molar-refractivity contribution in [1.82, 2.24) is 0 Å². The molecule has 0 N–H and O–H groups in total. The Morgan fingerprint density at radius 1 is 0.800 bits per heavy atom. The third-order valence-corrected chi connectivity index (χ3v) is 3.02. The number of carbonyl (C=O) groups is 2. The lowest BCUT2D eigenvalue weighted by Gasteiger charge is -2.02. The van der Waals surface area contributed by atoms with Gasteiger partial charge in [0.15, 0.2) is 9.84 Å². The monoisotopic (exact) mass is 304 g/mol. The Balaban J connectivity index is -0.000000138. The molecule has 5 heteroatoms. The van der Waals surface area contributed by atoms with E-state index in [2.05, 4.69) is 0 Å². The third-order valence-electron chi connectivity index (χ3n) is 1.91. The van der Waals surface area contributed by atoms with E-state index in [1.165, 1.54) is 6.26 Å². The zero-order valence-corrected chi connectivity index (χ0v) is 14.5. The highest BCUT2D eigenvalue weighted by atomic mass is 32.2. The molecule has 0 aromatic heterocycles. The van der Waals surface area contributed by atoms with Gasteiger partial charge in [0.05, 0.1) is 4.90 Å². The highest BCUT2D eigenvalue weighted by Gasteiger charge is 2.06. The Morgan fingerprint density at radius 3 is 1.40 bits per heavy atom. The SMILES string of the molecule is C=O.C=O.CC.CC.Cc1ccc(S(C)(=O)=O)cc1C. The lowest BCUT2D eigenvalue weighted by Crippen LogP contribution is -1.97. The van der Waals surface area contributed by atoms with Crippen LogP contribution in [-0.2, 0) is 19.4 Å². The molecule has 0 atom stereocenters. The number of sulfone groups is 1. The van der Waals surface area contributed by atoms with Crippen LogP contribution >= 0.6 is 0 Å². The summed E-state index contributed by atoms with van der Waals surface area (Å²) in [6.07, 6.45) is 1.22. The summed E-state index contributed by atoms with van der Waals surface area (Å²) in [5, 5.41) is 0. The van der Waals surface area contributed by atoms with Crippen molar-refractivity contribution in [3.63, 3.8) is 0 Å². The molecule has 0 heterocycles. The summed E-state index contributed by atoms with van der Waals surface area (Å²) < 4.78 is 22.2. The molecule has 0 spiro atoms. The average molecular weight is 304 g/mol. The van der Waals surface area contributed by atoms with Crippen LogP contribution in [0.1, 0.15) is 38.8 Å². The quantitative estimate of drug-likeness (QED) is 0.797. The second kappa shape index (κ2) is 17.5. The first-order valence-corrected chi connectivity index (χ1v) is 8.15. The van der Waals surface area contributed by atoms with Crippen molar-refractivity contribution >= 4 is 23.4 Å². The summed E-state index contributed by atoms with van der Waals surface area (Å²) in [7, 11) is -3.04. The molecule has 0 aliphatic heterocycles. The predicted octanol–water partition coefficient (Wildman–Crippen LogP) is 3.39. The van der Waals surface area contributed by atoms with E-state index in [-0.39, 0.29) is 0 Å². The number of benzene rings is 1. The van der Waals surface area contributed by atoms with Crippen LogP contribution in [0.3, 0.4) is 0 Å². The molecule has 4 nitrogen and oxygen atoms in total. The van der Waals surface area contributed by atoms with Gasteiger partial charge in [-0.25, -0.2) is 8.42 Å². The fourth-order valence-electron chi connectivity index (χ4n) is 0.945. The van der Waals surface area contributed by atoms with Crippen molar-refractivity contribution in [3.05, 3.63) is 29.3 Å². The molecule has 0 aliphatic rings. The Morgan fingerprint density at radius 2 is 1.15 bits per heavy atom. The largest absolute Gasteiger partial charge is 0.307 e. The molecule has 0 unspecified atom stereocenters. The molecule has 1 aromatic rings. The molecule has 0 aliphatic carbocycles. The molecule has 1 aromatic carbocycles. The maximum Gasteiger partial charge on any atom is 0.175 e. The normalized spacial score (nSPS) is 7.95. The van der Waals surface area contributed by atoms with Crippen LogP contribution in [-0.4, -0.2) is 28.3 Å². The van der Waals surface area contributed by atoms with Gasteiger partial charge in [-0.15, -0.1) is 0 Å². The van der Waals surface area contributed by atoms with E-state index in [0.29, 0.717) is 4.90 Å². The van der Waals surface area contributed by atoms with Crippen LogP contribution in [0.4, 0.5) is 0 Å². The second-order valence-corrected chi connectivity index (χ2v) is 5.03. The lowest BCUT2D eigenvalue weighted by atomic mass is 10.1. The zero-order chi connectivity index (χ0) is 17.4. The summed E-state index contributed by atoms with van der Waals surface area (Å²) in [5.74, 6) is 0. The first-order valence-electron chi connectivity index (χ1n) is 6.26. The van der Waals surface area contributed by atoms with E-state index in [9.17, 15) is 8.42 Å². The lowest BCUT2D eigenvalue weighted by molar-refractivity contribution is -0.0987. The third kappa shape index (κ3) is 13.0. The van der Waals surface area contributed by atoms with Crippen molar-refractivity contribution in [1.29, 1.82) is 0 Å². The highest BCUT2D eigenvalue weighted by Crippen LogP contribution is 2.13. The van der Waals surface area contributed by atoms with Crippen LogP contribution in [0, 0.1) is 13.8 Å². The first-order chi connectivity index (χ1) is 9.41. The standard InChI is InChI=1S/C9H12O2S.2C2H6.2CH2O/c1-7-4-5-9(6-8(7)2)12(3,10)11;4*1-2/h4-6H,1-3H3;2*1-2H3;2*1H2. The number of hydrogen-bond acceptors (Lipinski definition) is 4. The van der Waals surface area contributed by atoms with E-state index in [1.807, 2.05) is 61.2 Å². The molecule has 0 fully saturated rings. The molecular weight excluding hydrogens is 276 g/mol. The van der Waals surface area contributed by atoms with E-state index in [0.717, 1.165) is 11.1 Å². The maximum atomic E-state index is 11.1. The molecular formula is C15H28O4S. The van der Waals surface area contributed by atoms with Gasteiger partial charge in [-0.05, 0) is 37.1 Å². The second-order valence-electron chi connectivity index (χ2n) is 3.02. The van der Waals surface area contributed by atoms with Gasteiger partial charge in [0.1, 0.15) is 13.6 Å². The minimum Gasteiger partial charge on any atom is -0.307 e. The van der Waals surface area contributed by atoms with Gasteiger partial charge < -0.3 is 9.59 Å². The first kappa shape index (κ1) is 27.0. The topological polar surface area (TPSA) is 68.3 Å². The van der Waals surface area contributed by atoms with E-state index < -0.39 is 9.84 Å². The molecule has 0 amide bonds. The minimum atomic E-state index is -3.04. The zero-order valence-electron chi connectivity index (χ0n) is 13.7. The Labute approximate surface area is 124 Å². The smallest absolute Gasteiger partial charge is 0.175 e. The van der Waals surface area contributed by atoms with Gasteiger partial charge in [-0.3, -0.25) is 0 Å². The Kier molecular flexibility index (Phi) is 23.6. The van der Waals surface area contributed by atoms with Crippen LogP contribution in [0.5, 0.6) is 0 Å². The van der Waals surface area contributed by atoms with E-state index in [4.69, 9.17) is 9.59 Å². The van der Waals surface area contributed by atoms with Gasteiger partial charge in [-0.2, -0.15) is 0 Å². The van der Waals surface area contributed by atoms with E-state index in [1.54, 1.807) is 12.1 Å². The van der Waals surface area contributed by atoms with Gasteiger partial charge in [0, 0.05) is 6.26 Å². The fourth-order valence-corrected chi connectivity index (χ4v) is 1.65. The van der Waals surface area contributed by atoms with E-state index >= 15 is 0 Å². The van der Waals surface area contributed by atoms with Gasteiger partial charge in [0.25, 0.3) is 0 Å². The molecule has 0 saturated heterocycles. The van der Waals surface area contributed by atoms with Gasteiger partial charge in [0.2, 0.25) is 0 Å². The average Bonchev–Trinajstić information content (AvgIpc) is 2.49. The Bertz CT molecular complexity index is 423. The summed E-state index contributed by atoms with van der Waals surface area (Å²) >= 11 is 0. The molecule has 118 valence electrons. The highest BCUT2D eigenvalue weighted by molar-refractivity contribution is 7.90. The molecule has 0 bridgehead atoms. The van der Waals surface area contributed by atoms with Crippen LogP contribution < -0.4 is 0 Å². The van der Waals surface area contributed by atoms with Gasteiger partial charge in [-0.1, -0.05) is 33.8 Å². The molecule has 0 radical (unpaired) electrons. The minimum absolute atomic E-state index is 0.394. The number of hydrogen-bond donors (Lipinski definition) is 0. The van der Waals surface area contributed by atoms with Crippen molar-refractivity contribution in [2.75, 3.05) is 6.26 Å². The molecule has 1 rings (SSSR count). The fraction of sp³-hybridized carbons (Fsp3) is 0.467. The number of rotatable bonds is 1. The van der Waals surface area contributed by atoms with Crippen LogP contribution in [0.15, 0.2) is 23.1 Å². The van der Waals surface area contributed by atoms with Crippen molar-refractivity contribution in [2.45, 2.75) is 46.4 Å². The summed E-state index contributed by atoms with van der Waals surface area (Å²) in [6, 6.07) is 5.16. The number of carbonyl (C=O) groups excluding carboxylic acids is 2. The molecule has 20 heavy (non-hydrogen) atoms. The maximum absolute atomic E-state index is 11.1. The molecule has 0 saturated carbocycles. The van der Waals surface area contributed by atoms with Crippen molar-refractivity contribution in [2.24, 2.45) is 0 Å². The number of aryl methyl sites for hydroxylation is 2. The Hall–Kier alpha value is -1.49. The van der Waals surface area contributed by atoms with Crippen molar-refractivity contribution in [3.8, 4) is 0 Å². The summed E-state index contributed by atoms with van der Waals surface area (Å²) in [5.41, 5.74) is 2.13.